The Morgan fingerprint density at radius 3 is 2.38 bits per heavy atom. The minimum Gasteiger partial charge on any atom is -0.396 e. The lowest BCUT2D eigenvalue weighted by Gasteiger charge is -2.32. The molecule has 2 rings (SSSR count). The van der Waals surface area contributed by atoms with Gasteiger partial charge in [-0.3, -0.25) is 0 Å². The summed E-state index contributed by atoms with van der Waals surface area (Å²) in [6.45, 7) is 0.205. The van der Waals surface area contributed by atoms with Crippen LogP contribution in [0, 0.1) is 5.92 Å². The Kier molecular flexibility index (Phi) is 5.56. The van der Waals surface area contributed by atoms with Crippen LogP contribution in [0.4, 0.5) is 0 Å². The normalized spacial score (nSPS) is 23.8. The fourth-order valence-corrected chi connectivity index (χ4v) is 3.87. The van der Waals surface area contributed by atoms with Gasteiger partial charge in [-0.15, -0.1) is 0 Å². The zero-order chi connectivity index (χ0) is 15.3. The van der Waals surface area contributed by atoms with Gasteiger partial charge in [-0.1, -0.05) is 30.3 Å². The molecule has 116 valence electrons. The van der Waals surface area contributed by atoms with Crippen LogP contribution in [0.1, 0.15) is 31.2 Å². The van der Waals surface area contributed by atoms with Gasteiger partial charge in [0.2, 0.25) is 10.0 Å². The maximum absolute atomic E-state index is 12.3. The van der Waals surface area contributed by atoms with E-state index >= 15 is 0 Å². The molecule has 5 heteroatoms. The van der Waals surface area contributed by atoms with Gasteiger partial charge in [-0.2, -0.15) is 4.31 Å². The minimum absolute atomic E-state index is 0.0400. The summed E-state index contributed by atoms with van der Waals surface area (Å²) in [5.74, 6) is 0.331. The quantitative estimate of drug-likeness (QED) is 0.909. The highest BCUT2D eigenvalue weighted by atomic mass is 32.2. The number of aliphatic hydroxyl groups excluding tert-OH is 1. The fourth-order valence-electron chi connectivity index (χ4n) is 2.72. The molecule has 0 aromatic heterocycles. The van der Waals surface area contributed by atoms with Gasteiger partial charge in [0.05, 0.1) is 0 Å². The van der Waals surface area contributed by atoms with E-state index in [1.807, 2.05) is 30.3 Å². The maximum Gasteiger partial charge on any atom is 0.236 e. The maximum atomic E-state index is 12.3. The van der Waals surface area contributed by atoms with E-state index < -0.39 is 10.0 Å². The monoisotopic (exact) mass is 309 g/mol. The van der Waals surface area contributed by atoms with Crippen molar-refractivity contribution in [2.24, 2.45) is 5.92 Å². The van der Waals surface area contributed by atoms with Crippen LogP contribution in [0.25, 0.3) is 6.08 Å². The van der Waals surface area contributed by atoms with Crippen LogP contribution >= 0.6 is 0 Å². The van der Waals surface area contributed by atoms with E-state index in [4.69, 9.17) is 5.11 Å². The van der Waals surface area contributed by atoms with Gasteiger partial charge in [0, 0.05) is 25.1 Å². The van der Waals surface area contributed by atoms with Crippen LogP contribution in [-0.4, -0.2) is 37.5 Å². The van der Waals surface area contributed by atoms with Crippen molar-refractivity contribution >= 4 is 16.1 Å². The van der Waals surface area contributed by atoms with Crippen molar-refractivity contribution < 1.29 is 13.5 Å². The molecule has 1 aliphatic rings. The van der Waals surface area contributed by atoms with Crippen molar-refractivity contribution in [1.29, 1.82) is 0 Å². The van der Waals surface area contributed by atoms with Gasteiger partial charge in [0.1, 0.15) is 0 Å². The molecular weight excluding hydrogens is 286 g/mol. The predicted molar refractivity (Wildman–Crippen MR) is 85.0 cm³/mol. The van der Waals surface area contributed by atoms with Crippen LogP contribution in [-0.2, 0) is 10.0 Å². The molecule has 1 N–H and O–H groups in total. The van der Waals surface area contributed by atoms with Crippen molar-refractivity contribution in [3.05, 3.63) is 41.3 Å². The predicted octanol–water partition coefficient (Wildman–Crippen LogP) is 2.47. The van der Waals surface area contributed by atoms with Gasteiger partial charge in [0.15, 0.2) is 0 Å². The number of rotatable bonds is 5. The Hall–Kier alpha value is -1.17. The summed E-state index contributed by atoms with van der Waals surface area (Å²) >= 11 is 0. The lowest BCUT2D eigenvalue weighted by molar-refractivity contribution is 0.159. The third-order valence-electron chi connectivity index (χ3n) is 4.22. The molecule has 1 saturated carbocycles. The highest BCUT2D eigenvalue weighted by Gasteiger charge is 2.28. The van der Waals surface area contributed by atoms with Gasteiger partial charge in [-0.25, -0.2) is 8.42 Å². The summed E-state index contributed by atoms with van der Waals surface area (Å²) in [5, 5.41) is 10.4. The first-order valence-corrected chi connectivity index (χ1v) is 8.85. The smallest absolute Gasteiger partial charge is 0.236 e. The lowest BCUT2D eigenvalue weighted by atomic mass is 9.87. The molecule has 1 aromatic rings. The van der Waals surface area contributed by atoms with Crippen molar-refractivity contribution in [2.75, 3.05) is 13.7 Å². The second kappa shape index (κ2) is 7.20. The van der Waals surface area contributed by atoms with Crippen LogP contribution in [0.15, 0.2) is 35.7 Å². The van der Waals surface area contributed by atoms with E-state index in [-0.39, 0.29) is 12.6 Å². The van der Waals surface area contributed by atoms with Gasteiger partial charge in [0.25, 0.3) is 0 Å². The minimum atomic E-state index is -3.39. The molecule has 4 nitrogen and oxygen atoms in total. The summed E-state index contributed by atoms with van der Waals surface area (Å²) in [6, 6.07) is 9.45. The van der Waals surface area contributed by atoms with Crippen molar-refractivity contribution in [1.82, 2.24) is 4.31 Å². The molecule has 0 spiro atoms. The number of benzene rings is 1. The number of hydrogen-bond acceptors (Lipinski definition) is 3. The van der Waals surface area contributed by atoms with Crippen molar-refractivity contribution in [2.45, 2.75) is 31.7 Å². The molecule has 0 radical (unpaired) electrons. The van der Waals surface area contributed by atoms with Gasteiger partial charge < -0.3 is 5.11 Å². The van der Waals surface area contributed by atoms with Crippen LogP contribution < -0.4 is 0 Å². The number of aliphatic hydroxyl groups is 1. The molecule has 0 atom stereocenters. The molecule has 1 fully saturated rings. The number of sulfonamides is 1. The molecule has 0 heterocycles. The first kappa shape index (κ1) is 16.2. The molecule has 0 bridgehead atoms. The molecule has 21 heavy (non-hydrogen) atoms. The lowest BCUT2D eigenvalue weighted by Crippen LogP contribution is -2.38. The third-order valence-corrected chi connectivity index (χ3v) is 5.80. The molecule has 0 aliphatic heterocycles. The molecule has 0 saturated heterocycles. The fraction of sp³-hybridized carbons (Fsp3) is 0.500. The highest BCUT2D eigenvalue weighted by Crippen LogP contribution is 2.28. The van der Waals surface area contributed by atoms with Gasteiger partial charge >= 0.3 is 0 Å². The summed E-state index contributed by atoms with van der Waals surface area (Å²) < 4.78 is 26.2. The largest absolute Gasteiger partial charge is 0.396 e. The second-order valence-corrected chi connectivity index (χ2v) is 7.51. The molecular formula is C16H23NO3S. The SMILES string of the molecule is CN(C1CCC(CO)CC1)S(=O)(=O)C=Cc1ccccc1. The van der Waals surface area contributed by atoms with Crippen LogP contribution in [0.2, 0.25) is 0 Å². The zero-order valence-electron chi connectivity index (χ0n) is 12.4. The number of hydrogen-bond donors (Lipinski definition) is 1. The average molecular weight is 309 g/mol. The third kappa shape index (κ3) is 4.40. The molecule has 1 aliphatic carbocycles. The Morgan fingerprint density at radius 1 is 1.19 bits per heavy atom. The van der Waals surface area contributed by atoms with E-state index in [1.165, 1.54) is 9.71 Å². The van der Waals surface area contributed by atoms with E-state index in [9.17, 15) is 8.42 Å². The summed E-state index contributed by atoms with van der Waals surface area (Å²) in [6.07, 6.45) is 5.05. The molecule has 0 amide bonds. The van der Waals surface area contributed by atoms with Gasteiger partial charge in [-0.05, 0) is 43.2 Å². The van der Waals surface area contributed by atoms with Crippen molar-refractivity contribution in [3.8, 4) is 0 Å². The first-order chi connectivity index (χ1) is 10.0. The van der Waals surface area contributed by atoms with Crippen LogP contribution in [0.3, 0.4) is 0 Å². The Morgan fingerprint density at radius 2 is 1.81 bits per heavy atom. The summed E-state index contributed by atoms with van der Waals surface area (Å²) in [4.78, 5) is 0. The average Bonchev–Trinajstić information content (AvgIpc) is 2.53. The number of nitrogens with zero attached hydrogens (tertiary/aromatic N) is 1. The standard InChI is InChI=1S/C16H23NO3S/c1-17(16-9-7-15(13-18)8-10-16)21(19,20)12-11-14-5-3-2-4-6-14/h2-6,11-12,15-16,18H,7-10,13H2,1H3. The second-order valence-electron chi connectivity index (χ2n) is 5.63. The Balaban J connectivity index is 2.01. The van der Waals surface area contributed by atoms with E-state index in [1.54, 1.807) is 13.1 Å². The highest BCUT2D eigenvalue weighted by molar-refractivity contribution is 7.92. The van der Waals surface area contributed by atoms with Crippen molar-refractivity contribution in [3.63, 3.8) is 0 Å². The topological polar surface area (TPSA) is 57.6 Å². The van der Waals surface area contributed by atoms with E-state index in [2.05, 4.69) is 0 Å². The molecule has 1 aromatic carbocycles. The van der Waals surface area contributed by atoms with E-state index in [0.29, 0.717) is 5.92 Å². The first-order valence-electron chi connectivity index (χ1n) is 7.35. The summed E-state index contributed by atoms with van der Waals surface area (Å²) in [7, 11) is -1.74. The Labute approximate surface area is 127 Å². The zero-order valence-corrected chi connectivity index (χ0v) is 13.2. The summed E-state index contributed by atoms with van der Waals surface area (Å²) in [5.41, 5.74) is 0.874. The Bertz CT molecular complexity index is 560. The van der Waals surface area contributed by atoms with E-state index in [0.717, 1.165) is 31.2 Å². The van der Waals surface area contributed by atoms with Crippen LogP contribution in [0.5, 0.6) is 0 Å². The molecule has 0 unspecified atom stereocenters.